The van der Waals surface area contributed by atoms with E-state index in [1.807, 2.05) is 29.2 Å². The molecule has 2 N–H and O–H groups in total. The van der Waals surface area contributed by atoms with Crippen LogP contribution in [0.25, 0.3) is 0 Å². The van der Waals surface area contributed by atoms with Gasteiger partial charge in [0.05, 0.1) is 12.7 Å². The van der Waals surface area contributed by atoms with Crippen molar-refractivity contribution in [2.75, 3.05) is 32.5 Å². The fourth-order valence-corrected chi connectivity index (χ4v) is 3.34. The first kappa shape index (κ1) is 19.7. The van der Waals surface area contributed by atoms with Gasteiger partial charge in [-0.25, -0.2) is 14.6 Å². The number of piperidine rings is 1. The second kappa shape index (κ2) is 9.25. The summed E-state index contributed by atoms with van der Waals surface area (Å²) in [5.74, 6) is 1.18. The SMILES string of the molecule is CN(C)C(=O)N1CCC(Cc2ccc(NC(=O)NCc3cnco3)cc2)CC1. The lowest BCUT2D eigenvalue weighted by atomic mass is 9.90. The quantitative estimate of drug-likeness (QED) is 0.828. The molecule has 0 saturated carbocycles. The highest BCUT2D eigenvalue weighted by Crippen LogP contribution is 2.23. The van der Waals surface area contributed by atoms with Gasteiger partial charge in [-0.2, -0.15) is 0 Å². The Bertz CT molecular complexity index is 766. The van der Waals surface area contributed by atoms with E-state index in [1.165, 1.54) is 12.0 Å². The fraction of sp³-hybridized carbons (Fsp3) is 0.450. The zero-order valence-electron chi connectivity index (χ0n) is 16.4. The van der Waals surface area contributed by atoms with Gasteiger partial charge >= 0.3 is 12.1 Å². The minimum Gasteiger partial charge on any atom is -0.447 e. The van der Waals surface area contributed by atoms with Gasteiger partial charge in [0, 0.05) is 32.9 Å². The number of urea groups is 2. The highest BCUT2D eigenvalue weighted by Gasteiger charge is 2.23. The summed E-state index contributed by atoms with van der Waals surface area (Å²) in [6, 6.07) is 7.71. The number of nitrogens with zero attached hydrogens (tertiary/aromatic N) is 3. The minimum atomic E-state index is -0.290. The summed E-state index contributed by atoms with van der Waals surface area (Å²) in [6.07, 6.45) is 5.92. The maximum absolute atomic E-state index is 12.0. The van der Waals surface area contributed by atoms with Crippen LogP contribution in [-0.4, -0.2) is 54.0 Å². The Kier molecular flexibility index (Phi) is 6.52. The molecule has 150 valence electrons. The number of hydrogen-bond donors (Lipinski definition) is 2. The molecule has 0 radical (unpaired) electrons. The average Bonchev–Trinajstić information content (AvgIpc) is 3.21. The molecule has 0 atom stereocenters. The number of carbonyl (C=O) groups is 2. The summed E-state index contributed by atoms with van der Waals surface area (Å²) in [6.45, 7) is 1.91. The van der Waals surface area contributed by atoms with Crippen molar-refractivity contribution in [3.8, 4) is 0 Å². The molecule has 1 saturated heterocycles. The number of likely N-dealkylation sites (tertiary alicyclic amines) is 1. The van der Waals surface area contributed by atoms with Crippen LogP contribution in [0.1, 0.15) is 24.2 Å². The molecule has 8 heteroatoms. The van der Waals surface area contributed by atoms with E-state index >= 15 is 0 Å². The molecule has 3 rings (SSSR count). The second-order valence-corrected chi connectivity index (χ2v) is 7.28. The van der Waals surface area contributed by atoms with Gasteiger partial charge in [0.25, 0.3) is 0 Å². The lowest BCUT2D eigenvalue weighted by Gasteiger charge is -2.33. The minimum absolute atomic E-state index is 0.0930. The largest absolute Gasteiger partial charge is 0.447 e. The summed E-state index contributed by atoms with van der Waals surface area (Å²) in [4.78, 5) is 31.3. The van der Waals surface area contributed by atoms with Crippen LogP contribution in [-0.2, 0) is 13.0 Å². The zero-order valence-corrected chi connectivity index (χ0v) is 16.4. The molecular weight excluding hydrogens is 358 g/mol. The van der Waals surface area contributed by atoms with Gasteiger partial charge in [-0.1, -0.05) is 12.1 Å². The zero-order chi connectivity index (χ0) is 19.9. The number of oxazole rings is 1. The van der Waals surface area contributed by atoms with Crippen molar-refractivity contribution in [1.29, 1.82) is 0 Å². The highest BCUT2D eigenvalue weighted by molar-refractivity contribution is 5.89. The third-order valence-corrected chi connectivity index (χ3v) is 4.91. The Morgan fingerprint density at radius 3 is 2.54 bits per heavy atom. The molecule has 1 aliphatic heterocycles. The normalized spacial score (nSPS) is 14.6. The van der Waals surface area contributed by atoms with Crippen LogP contribution in [0.15, 0.2) is 41.3 Å². The van der Waals surface area contributed by atoms with Crippen molar-refractivity contribution < 1.29 is 14.0 Å². The number of carbonyl (C=O) groups excluding carboxylic acids is 2. The molecule has 0 bridgehead atoms. The molecular formula is C20H27N5O3. The van der Waals surface area contributed by atoms with Gasteiger partial charge in [0.2, 0.25) is 0 Å². The number of amides is 4. The lowest BCUT2D eigenvalue weighted by Crippen LogP contribution is -2.44. The van der Waals surface area contributed by atoms with Crippen LogP contribution in [0, 0.1) is 5.92 Å². The molecule has 1 aromatic heterocycles. The summed E-state index contributed by atoms with van der Waals surface area (Å²) in [7, 11) is 3.58. The van der Waals surface area contributed by atoms with Gasteiger partial charge in [0.15, 0.2) is 6.39 Å². The predicted molar refractivity (Wildman–Crippen MR) is 106 cm³/mol. The molecule has 1 aromatic carbocycles. The van der Waals surface area contributed by atoms with Crippen LogP contribution in [0.5, 0.6) is 0 Å². The number of nitrogens with one attached hydrogen (secondary N) is 2. The molecule has 1 fully saturated rings. The summed E-state index contributed by atoms with van der Waals surface area (Å²) >= 11 is 0. The Labute approximate surface area is 164 Å². The first-order valence-corrected chi connectivity index (χ1v) is 9.48. The molecule has 0 unspecified atom stereocenters. The Balaban J connectivity index is 1.42. The standard InChI is InChI=1S/C20H27N5O3/c1-24(2)20(27)25-9-7-16(8-10-25)11-15-3-5-17(6-4-15)23-19(26)22-13-18-12-21-14-28-18/h3-6,12,14,16H,7-11,13H2,1-2H3,(H2,22,23,26). The fourth-order valence-electron chi connectivity index (χ4n) is 3.34. The van der Waals surface area contributed by atoms with E-state index in [-0.39, 0.29) is 12.1 Å². The Morgan fingerprint density at radius 2 is 1.93 bits per heavy atom. The number of rotatable bonds is 5. The Hall–Kier alpha value is -3.03. The van der Waals surface area contributed by atoms with E-state index in [2.05, 4.69) is 15.6 Å². The summed E-state index contributed by atoms with van der Waals surface area (Å²) in [5.41, 5.74) is 1.98. The van der Waals surface area contributed by atoms with Gasteiger partial charge < -0.3 is 24.9 Å². The van der Waals surface area contributed by atoms with Crippen LogP contribution in [0.2, 0.25) is 0 Å². The van der Waals surface area contributed by atoms with Gasteiger partial charge in [-0.15, -0.1) is 0 Å². The predicted octanol–water partition coefficient (Wildman–Crippen LogP) is 2.93. The second-order valence-electron chi connectivity index (χ2n) is 7.28. The molecule has 28 heavy (non-hydrogen) atoms. The molecule has 0 spiro atoms. The third kappa shape index (κ3) is 5.48. The number of benzene rings is 1. The summed E-state index contributed by atoms with van der Waals surface area (Å²) in [5, 5.41) is 5.52. The van der Waals surface area contributed by atoms with E-state index in [1.54, 1.807) is 25.2 Å². The van der Waals surface area contributed by atoms with Crippen LogP contribution in [0.4, 0.5) is 15.3 Å². The average molecular weight is 385 g/mol. The van der Waals surface area contributed by atoms with Crippen LogP contribution in [0.3, 0.4) is 0 Å². The maximum Gasteiger partial charge on any atom is 0.319 e. The molecule has 2 heterocycles. The number of hydrogen-bond acceptors (Lipinski definition) is 4. The molecule has 0 aliphatic carbocycles. The van der Waals surface area contributed by atoms with Gasteiger partial charge in [-0.3, -0.25) is 0 Å². The molecule has 2 aromatic rings. The van der Waals surface area contributed by atoms with Crippen molar-refractivity contribution in [2.24, 2.45) is 5.92 Å². The topological polar surface area (TPSA) is 90.7 Å². The van der Waals surface area contributed by atoms with Crippen molar-refractivity contribution in [3.05, 3.63) is 48.2 Å². The van der Waals surface area contributed by atoms with E-state index < -0.39 is 0 Å². The lowest BCUT2D eigenvalue weighted by molar-refractivity contribution is 0.147. The van der Waals surface area contributed by atoms with Crippen molar-refractivity contribution in [2.45, 2.75) is 25.8 Å². The first-order valence-electron chi connectivity index (χ1n) is 9.48. The Morgan fingerprint density at radius 1 is 1.21 bits per heavy atom. The summed E-state index contributed by atoms with van der Waals surface area (Å²) < 4.78 is 5.08. The van der Waals surface area contributed by atoms with Crippen molar-refractivity contribution >= 4 is 17.7 Å². The van der Waals surface area contributed by atoms with Crippen molar-refractivity contribution in [3.63, 3.8) is 0 Å². The van der Waals surface area contributed by atoms with Crippen LogP contribution < -0.4 is 10.6 Å². The molecule has 4 amide bonds. The van der Waals surface area contributed by atoms with Gasteiger partial charge in [-0.05, 0) is 42.9 Å². The van der Waals surface area contributed by atoms with E-state index in [9.17, 15) is 9.59 Å². The van der Waals surface area contributed by atoms with Gasteiger partial charge in [0.1, 0.15) is 5.76 Å². The number of anilines is 1. The van der Waals surface area contributed by atoms with E-state index in [4.69, 9.17) is 4.42 Å². The van der Waals surface area contributed by atoms with E-state index in [0.29, 0.717) is 18.2 Å². The van der Waals surface area contributed by atoms with Crippen molar-refractivity contribution in [1.82, 2.24) is 20.1 Å². The third-order valence-electron chi connectivity index (χ3n) is 4.91. The molecule has 1 aliphatic rings. The smallest absolute Gasteiger partial charge is 0.319 e. The first-order chi connectivity index (χ1) is 13.5. The van der Waals surface area contributed by atoms with E-state index in [0.717, 1.165) is 38.0 Å². The molecule has 8 nitrogen and oxygen atoms in total. The maximum atomic E-state index is 12.0. The number of aromatic nitrogens is 1. The monoisotopic (exact) mass is 385 g/mol. The van der Waals surface area contributed by atoms with Crippen LogP contribution >= 0.6 is 0 Å². The highest BCUT2D eigenvalue weighted by atomic mass is 16.3.